The van der Waals surface area contributed by atoms with Crippen LogP contribution >= 0.6 is 46.4 Å². The zero-order valence-electron chi connectivity index (χ0n) is 75.8. The van der Waals surface area contributed by atoms with Gasteiger partial charge in [0, 0.05) is 116 Å². The zero-order chi connectivity index (χ0) is 96.0. The van der Waals surface area contributed by atoms with Crippen LogP contribution in [0.15, 0.2) is 168 Å². The first-order valence-corrected chi connectivity index (χ1v) is 44.7. The summed E-state index contributed by atoms with van der Waals surface area (Å²) in [6.07, 6.45) is 3.86. The second kappa shape index (κ2) is 39.6. The van der Waals surface area contributed by atoms with Gasteiger partial charge in [-0.15, -0.1) is 13.2 Å². The average Bonchev–Trinajstić information content (AvgIpc) is 0.739. The van der Waals surface area contributed by atoms with Gasteiger partial charge in [0.25, 0.3) is 0 Å². The van der Waals surface area contributed by atoms with Crippen molar-refractivity contribution >= 4 is 115 Å². The highest BCUT2D eigenvalue weighted by Gasteiger charge is 2.40. The number of anilines is 3. The van der Waals surface area contributed by atoms with Gasteiger partial charge in [-0.1, -0.05) is 139 Å². The Hall–Kier alpha value is -12.4. The van der Waals surface area contributed by atoms with Gasteiger partial charge in [0.15, 0.2) is 16.9 Å². The van der Waals surface area contributed by atoms with Crippen LogP contribution in [0.2, 0.25) is 20.1 Å². The lowest BCUT2D eigenvalue weighted by Crippen LogP contribution is -2.58. The Morgan fingerprint density at radius 2 is 0.818 bits per heavy atom. The van der Waals surface area contributed by atoms with Crippen molar-refractivity contribution in [2.75, 3.05) is 54.0 Å². The molecule has 3 saturated heterocycles. The van der Waals surface area contributed by atoms with E-state index >= 15 is 8.78 Å². The molecular weight excluding hydrogens is 1780 g/mol. The predicted molar refractivity (Wildman–Crippen MR) is 508 cm³/mol. The zero-order valence-corrected chi connectivity index (χ0v) is 78.8. The number of nitrogens with zero attached hydrogens (tertiary/aromatic N) is 18. The number of hydrogen-bond donors (Lipinski definition) is 1. The van der Waals surface area contributed by atoms with Crippen molar-refractivity contribution in [3.63, 3.8) is 0 Å². The number of piperazine rings is 3. The van der Waals surface area contributed by atoms with Crippen molar-refractivity contribution in [3.05, 3.63) is 256 Å². The van der Waals surface area contributed by atoms with Gasteiger partial charge >= 0.3 is 23.4 Å². The second-order valence-electron chi connectivity index (χ2n) is 34.2. The van der Waals surface area contributed by atoms with Gasteiger partial charge in [-0.2, -0.15) is 15.0 Å². The molecule has 3 aliphatic rings. The molecular formula is C97H101Cl4F5N18O8. The van der Waals surface area contributed by atoms with Gasteiger partial charge in [0.2, 0.25) is 17.7 Å². The molecule has 0 aliphatic carbocycles. The lowest BCUT2D eigenvalue weighted by atomic mass is 9.99. The Balaban J connectivity index is 0.000000168. The molecule has 15 rings (SSSR count). The Kier molecular flexibility index (Phi) is 29.1. The number of aromatic nitrogens is 12. The number of aryl methyl sites for hydroxylation is 3. The molecule has 0 saturated carbocycles. The monoisotopic (exact) mass is 1880 g/mol. The largest absolute Gasteiger partial charge is 0.573 e. The van der Waals surface area contributed by atoms with Crippen LogP contribution < -0.4 is 36.5 Å². The fourth-order valence-electron chi connectivity index (χ4n) is 17.4. The molecule has 3 fully saturated rings. The molecule has 35 heteroatoms. The van der Waals surface area contributed by atoms with Crippen LogP contribution in [0, 0.1) is 25.5 Å². The number of alkyl halides is 3. The first-order valence-electron chi connectivity index (χ1n) is 43.2. The molecule has 0 radical (unpaired) electrons. The topological polar surface area (TPSA) is 282 Å². The maximum Gasteiger partial charge on any atom is 0.573 e. The van der Waals surface area contributed by atoms with Gasteiger partial charge in [0.1, 0.15) is 34.8 Å². The molecule has 12 heterocycles. The van der Waals surface area contributed by atoms with Crippen molar-refractivity contribution in [1.29, 1.82) is 0 Å². The van der Waals surface area contributed by atoms with Crippen LogP contribution in [0.1, 0.15) is 160 Å². The van der Waals surface area contributed by atoms with E-state index in [0.717, 1.165) is 35.0 Å². The van der Waals surface area contributed by atoms with Crippen LogP contribution in [0.25, 0.3) is 83.9 Å². The number of hydrogen-bond acceptors (Lipinski definition) is 20. The van der Waals surface area contributed by atoms with E-state index in [2.05, 4.69) is 64.3 Å². The summed E-state index contributed by atoms with van der Waals surface area (Å²) >= 11 is 26.7. The minimum absolute atomic E-state index is 0.0185. The molecule has 7 atom stereocenters. The highest BCUT2D eigenvalue weighted by atomic mass is 35.5. The molecule has 12 aromatic rings. The van der Waals surface area contributed by atoms with Crippen molar-refractivity contribution in [2.24, 2.45) is 0 Å². The first kappa shape index (κ1) is 97.1. The fourth-order valence-corrected chi connectivity index (χ4v) is 18.3. The van der Waals surface area contributed by atoms with Gasteiger partial charge in [-0.25, -0.2) is 51.8 Å². The molecule has 1 N–H and O–H groups in total. The van der Waals surface area contributed by atoms with Crippen molar-refractivity contribution in [3.8, 4) is 56.6 Å². The van der Waals surface area contributed by atoms with Gasteiger partial charge < -0.3 is 39.2 Å². The van der Waals surface area contributed by atoms with E-state index in [9.17, 15) is 47.0 Å². The van der Waals surface area contributed by atoms with E-state index in [1.807, 2.05) is 149 Å². The van der Waals surface area contributed by atoms with Crippen molar-refractivity contribution in [2.45, 2.75) is 184 Å². The third-order valence-corrected chi connectivity index (χ3v) is 25.0. The number of benzene rings is 3. The maximum absolute atomic E-state index is 15.2. The Labute approximate surface area is 779 Å². The number of carbonyl (C=O) groups excluding carboxylic acids is 3. The predicted octanol–water partition coefficient (Wildman–Crippen LogP) is 18.8. The Morgan fingerprint density at radius 1 is 0.470 bits per heavy atom. The van der Waals surface area contributed by atoms with Crippen LogP contribution in [0.3, 0.4) is 0 Å². The highest BCUT2D eigenvalue weighted by molar-refractivity contribution is 6.35. The summed E-state index contributed by atoms with van der Waals surface area (Å²) in [5, 5.41) is 12.8. The molecule has 0 bridgehead atoms. The number of rotatable bonds is 18. The molecule has 26 nitrogen and oxygen atoms in total. The average molecular weight is 1880 g/mol. The molecule has 132 heavy (non-hydrogen) atoms. The molecule has 0 spiro atoms. The van der Waals surface area contributed by atoms with Crippen molar-refractivity contribution < 1.29 is 46.2 Å². The standard InChI is InChI=1S/C34H39ClN6O3.C32H31ClF4N6O3.C31H31Cl2FN6O2/c1-8-23-14-15-36-29(19(3)4)31(23)41-33-26(16-27(35)30(37-33)25-13-11-10-12-24(25)22(7)42)32(38-34(41)44)40-18-20(5)39(17-21(40)6)28(43)9-2;1-7-25(44)41-14-19(6)42(15-18(41)5)29-22-13-23(33)27(21-12-20(8-9-24(21)34)46-32(35,36)37)39-30(22)43(31(45)40-29)28-17(4)10-11-38-26(28)16(2)3;1-7-25(41)38-14-19(6)39(15-18(38)5)29-22-13-23(33)27(21-12-20(32)8-9-24(21)34)36-30(22)40(31(42)37-29)28-17(4)10-11-35-26(28)16(2)3/h9-16,19-22,42H,2,8,17-18H2,1,3-7H3;7-13,16,18-19H,1,14-15H2,2-6H3;7-13,16,18-19H,1,14-15H2,2-6H3. The maximum atomic E-state index is 15.2. The molecule has 690 valence electrons. The third-order valence-electron chi connectivity index (χ3n) is 23.9. The number of halogens is 9. The molecule has 3 aliphatic heterocycles. The van der Waals surface area contributed by atoms with E-state index in [0.29, 0.717) is 140 Å². The van der Waals surface area contributed by atoms with Crippen molar-refractivity contribution in [1.82, 2.24) is 73.3 Å². The summed E-state index contributed by atoms with van der Waals surface area (Å²) in [5.74, 6) is -1.69. The summed E-state index contributed by atoms with van der Waals surface area (Å²) in [5.41, 5.74) is 6.55. The number of aliphatic hydroxyl groups excluding tert-OH is 1. The van der Waals surface area contributed by atoms with E-state index in [-0.39, 0.29) is 121 Å². The van der Waals surface area contributed by atoms with Gasteiger partial charge in [0.05, 0.1) is 88.6 Å². The van der Waals surface area contributed by atoms with E-state index < -0.39 is 46.9 Å². The third kappa shape index (κ3) is 19.3. The van der Waals surface area contributed by atoms with Crippen LogP contribution in [0.5, 0.6) is 5.75 Å². The Bertz CT molecular complexity index is 6770. The van der Waals surface area contributed by atoms with E-state index in [4.69, 9.17) is 56.4 Å². The summed E-state index contributed by atoms with van der Waals surface area (Å²) in [6, 6.07) is 23.3. The van der Waals surface area contributed by atoms with E-state index in [1.165, 1.54) is 51.6 Å². The number of pyridine rings is 6. The summed E-state index contributed by atoms with van der Waals surface area (Å²) in [4.78, 5) is 133. The van der Waals surface area contributed by atoms with E-state index in [1.54, 1.807) is 63.8 Å². The summed E-state index contributed by atoms with van der Waals surface area (Å²) < 4.78 is 77.6. The number of amides is 3. The summed E-state index contributed by atoms with van der Waals surface area (Å²) in [7, 11) is 0. The minimum Gasteiger partial charge on any atom is -0.406 e. The SMILES string of the molecule is C=CC(=O)N1CC(C)N(c2nc(=O)n(-c3c(C)ccnc3C(C)C)c3nc(-c4cc(Cl)ccc4F)c(Cl)cc23)CC1C.C=CC(=O)N1CC(C)N(c2nc(=O)n(-c3c(C)ccnc3C(C)C)c3nc(-c4cc(OC(F)(F)F)ccc4F)c(Cl)cc23)CC1C.C=CC(=O)N1CC(C)N(c2nc(=O)n(-c3c(CC)ccnc3C(C)C)c3nc(-c4ccccc4C(C)O)c(Cl)cc23)CC1C. The number of fused-ring (bicyclic) bond motifs is 3. The molecule has 9 aromatic heterocycles. The second-order valence-corrected chi connectivity index (χ2v) is 35.8. The number of carbonyl (C=O) groups is 3. The lowest BCUT2D eigenvalue weighted by Gasteiger charge is -2.44. The number of aliphatic hydroxyl groups is 1. The smallest absolute Gasteiger partial charge is 0.406 e. The first-order chi connectivity index (χ1) is 62.5. The normalized spacial score (nSPS) is 17.4. The van der Waals surface area contributed by atoms with Crippen LogP contribution in [-0.2, 0) is 20.8 Å². The minimum atomic E-state index is -5.02. The Morgan fingerprint density at radius 3 is 1.18 bits per heavy atom. The highest BCUT2D eigenvalue weighted by Crippen LogP contribution is 2.44. The van der Waals surface area contributed by atoms with Crippen LogP contribution in [-0.4, -0.2) is 178 Å². The lowest BCUT2D eigenvalue weighted by molar-refractivity contribution is -0.274. The molecule has 3 amide bonds. The molecule has 3 aromatic carbocycles. The van der Waals surface area contributed by atoms with Crippen LogP contribution in [0.4, 0.5) is 39.4 Å². The molecule has 7 unspecified atom stereocenters. The van der Waals surface area contributed by atoms with Gasteiger partial charge in [-0.3, -0.25) is 29.3 Å². The van der Waals surface area contributed by atoms with Gasteiger partial charge in [-0.05, 0) is 200 Å². The number of ether oxygens (including phenoxy) is 1. The summed E-state index contributed by atoms with van der Waals surface area (Å²) in [6.45, 7) is 44.1. The quantitative estimate of drug-likeness (QED) is 0.0617. The fraction of sp³-hybridized carbons (Fsp3) is 0.351.